The van der Waals surface area contributed by atoms with Gasteiger partial charge >= 0.3 is 5.97 Å². The van der Waals surface area contributed by atoms with E-state index in [1.807, 2.05) is 25.1 Å². The van der Waals surface area contributed by atoms with Crippen LogP contribution in [-0.2, 0) is 27.2 Å². The summed E-state index contributed by atoms with van der Waals surface area (Å²) in [5, 5.41) is 10.2. The summed E-state index contributed by atoms with van der Waals surface area (Å²) in [5.41, 5.74) is 3.83. The number of aliphatic hydroxyl groups is 1. The zero-order chi connectivity index (χ0) is 28.1. The zero-order valence-corrected chi connectivity index (χ0v) is 24.4. The summed E-state index contributed by atoms with van der Waals surface area (Å²) < 4.78 is 23.8. The van der Waals surface area contributed by atoms with Crippen LogP contribution in [0.25, 0.3) is 0 Å². The third-order valence-corrected chi connectivity index (χ3v) is 8.99. The minimum atomic E-state index is -0.350. The van der Waals surface area contributed by atoms with Crippen LogP contribution >= 0.6 is 11.6 Å². The van der Waals surface area contributed by atoms with E-state index >= 15 is 0 Å². The molecule has 0 spiro atoms. The zero-order valence-electron chi connectivity index (χ0n) is 23.6. The average molecular weight is 572 g/mol. The van der Waals surface area contributed by atoms with Gasteiger partial charge < -0.3 is 29.0 Å². The molecule has 1 saturated carbocycles. The summed E-state index contributed by atoms with van der Waals surface area (Å²) in [6, 6.07) is 11.6. The van der Waals surface area contributed by atoms with E-state index in [9.17, 15) is 9.90 Å². The van der Waals surface area contributed by atoms with Gasteiger partial charge in [0.1, 0.15) is 12.4 Å². The molecule has 7 nitrogen and oxygen atoms in total. The molecule has 1 saturated heterocycles. The minimum absolute atomic E-state index is 0.0379. The largest absolute Gasteiger partial charge is 0.487 e. The fourth-order valence-corrected chi connectivity index (χ4v) is 6.56. The molecule has 1 aliphatic carbocycles. The number of rotatable bonds is 7. The molecular weight excluding hydrogens is 530 g/mol. The average Bonchev–Trinajstić information content (AvgIpc) is 2.98. The molecule has 2 aromatic carbocycles. The number of esters is 1. The Kier molecular flexibility index (Phi) is 9.89. The van der Waals surface area contributed by atoms with E-state index in [4.69, 9.17) is 30.5 Å². The van der Waals surface area contributed by atoms with Crippen molar-refractivity contribution in [2.45, 2.75) is 76.8 Å². The summed E-state index contributed by atoms with van der Waals surface area (Å²) in [7, 11) is 1.41. The Hall–Kier alpha value is -2.32. The second-order valence-corrected chi connectivity index (χ2v) is 11.9. The summed E-state index contributed by atoms with van der Waals surface area (Å²) in [6.45, 7) is 4.84. The number of nitrogens with zero attached hydrogens (tertiary/aromatic N) is 1. The number of aliphatic hydroxyl groups excluding tert-OH is 1. The quantitative estimate of drug-likeness (QED) is 0.420. The topological polar surface area (TPSA) is 77.5 Å². The Bertz CT molecular complexity index is 1160. The van der Waals surface area contributed by atoms with Crippen molar-refractivity contribution in [2.24, 2.45) is 11.8 Å². The predicted octanol–water partition coefficient (Wildman–Crippen LogP) is 5.82. The van der Waals surface area contributed by atoms with Crippen molar-refractivity contribution in [3.63, 3.8) is 0 Å². The number of fused-ring (bicyclic) bond motifs is 2. The minimum Gasteiger partial charge on any atom is -0.487 e. The van der Waals surface area contributed by atoms with Crippen LogP contribution in [0, 0.1) is 11.8 Å². The number of methoxy groups -OCH3 is 1. The monoisotopic (exact) mass is 571 g/mol. The first-order valence-corrected chi connectivity index (χ1v) is 15.1. The second-order valence-electron chi connectivity index (χ2n) is 11.5. The van der Waals surface area contributed by atoms with Gasteiger partial charge in [0.25, 0.3) is 0 Å². The van der Waals surface area contributed by atoms with Crippen LogP contribution in [-0.4, -0.2) is 62.8 Å². The van der Waals surface area contributed by atoms with E-state index in [2.05, 4.69) is 17.0 Å². The van der Waals surface area contributed by atoms with E-state index in [0.29, 0.717) is 30.6 Å². The molecule has 218 valence electrons. The van der Waals surface area contributed by atoms with Crippen LogP contribution in [0.1, 0.15) is 66.9 Å². The van der Waals surface area contributed by atoms with E-state index in [1.165, 1.54) is 12.7 Å². The third-order valence-electron chi connectivity index (χ3n) is 8.75. The number of anilines is 1. The van der Waals surface area contributed by atoms with Crippen molar-refractivity contribution < 1.29 is 28.8 Å². The molecule has 2 heterocycles. The van der Waals surface area contributed by atoms with Crippen LogP contribution in [0.15, 0.2) is 36.4 Å². The van der Waals surface area contributed by atoms with Crippen molar-refractivity contribution in [1.82, 2.24) is 0 Å². The molecule has 5 rings (SSSR count). The fraction of sp³-hybridized carbons (Fsp3) is 0.594. The summed E-state index contributed by atoms with van der Waals surface area (Å²) in [4.78, 5) is 14.9. The molecule has 0 aromatic heterocycles. The number of carbonyl (C=O) groups is 1. The molecule has 40 heavy (non-hydrogen) atoms. The first-order chi connectivity index (χ1) is 19.4. The van der Waals surface area contributed by atoms with Crippen molar-refractivity contribution in [1.29, 1.82) is 0 Å². The third kappa shape index (κ3) is 6.93. The smallest absolute Gasteiger partial charge is 0.337 e. The lowest BCUT2D eigenvalue weighted by Crippen LogP contribution is -2.47. The highest BCUT2D eigenvalue weighted by molar-refractivity contribution is 6.30. The molecular formula is C32H42ClNO6. The Morgan fingerprint density at radius 2 is 2.02 bits per heavy atom. The summed E-state index contributed by atoms with van der Waals surface area (Å²) in [5.74, 6) is 1.37. The van der Waals surface area contributed by atoms with E-state index < -0.39 is 0 Å². The standard InChI is InChI=1S/C32H42ClNO6/c1-21(19-35)40-27-12-14-38-31(17-27)28-10-7-24(28)18-34-13-4-3-5-22-15-26(33)9-6-25(22)20-39-30-11-8-23(16-29(30)34)32(36)37-2/h6,8-9,11,15-16,21,24,27-28,31,35H,3-5,7,10,12-14,17-20H2,1-2H3/t21-,24-,27-,28+,31-/m0/s1. The highest BCUT2D eigenvalue weighted by Gasteiger charge is 2.41. The molecule has 3 aliphatic rings. The van der Waals surface area contributed by atoms with Gasteiger partial charge in [-0.15, -0.1) is 0 Å². The van der Waals surface area contributed by atoms with Crippen molar-refractivity contribution in [3.05, 3.63) is 58.1 Å². The molecule has 0 amide bonds. The van der Waals surface area contributed by atoms with Gasteiger partial charge in [0.15, 0.2) is 0 Å². The maximum Gasteiger partial charge on any atom is 0.337 e. The molecule has 2 fully saturated rings. The predicted molar refractivity (Wildman–Crippen MR) is 155 cm³/mol. The van der Waals surface area contributed by atoms with Crippen LogP contribution in [0.3, 0.4) is 0 Å². The van der Waals surface area contributed by atoms with E-state index in [0.717, 1.165) is 80.1 Å². The van der Waals surface area contributed by atoms with Crippen molar-refractivity contribution in [2.75, 3.05) is 38.3 Å². The number of benzene rings is 2. The van der Waals surface area contributed by atoms with Gasteiger partial charge in [-0.3, -0.25) is 0 Å². The fourth-order valence-electron chi connectivity index (χ4n) is 6.37. The normalized spacial score (nSPS) is 25.9. The number of halogens is 1. The lowest BCUT2D eigenvalue weighted by molar-refractivity contribution is -0.134. The number of carbonyl (C=O) groups excluding carboxylic acids is 1. The highest BCUT2D eigenvalue weighted by Crippen LogP contribution is 2.43. The van der Waals surface area contributed by atoms with E-state index in [-0.39, 0.29) is 30.9 Å². The van der Waals surface area contributed by atoms with Crippen LogP contribution < -0.4 is 9.64 Å². The highest BCUT2D eigenvalue weighted by atomic mass is 35.5. The Morgan fingerprint density at radius 1 is 1.15 bits per heavy atom. The van der Waals surface area contributed by atoms with Gasteiger partial charge in [-0.05, 0) is 98.7 Å². The lowest BCUT2D eigenvalue weighted by Gasteiger charge is -2.46. The lowest BCUT2D eigenvalue weighted by atomic mass is 9.68. The SMILES string of the molecule is COC(=O)c1ccc2c(c1)N(C[C@@H]1CC[C@H]1[C@@H]1C[C@@H](O[C@@H](C)CO)CCO1)CCCCc1cc(Cl)ccc1CO2. The number of aryl methyl sites for hydroxylation is 1. The molecule has 1 N–H and O–H groups in total. The Balaban J connectivity index is 1.36. The molecule has 2 aliphatic heterocycles. The number of ether oxygens (including phenoxy) is 4. The molecule has 0 bridgehead atoms. The first-order valence-electron chi connectivity index (χ1n) is 14.7. The summed E-state index contributed by atoms with van der Waals surface area (Å²) >= 11 is 6.32. The van der Waals surface area contributed by atoms with Crippen molar-refractivity contribution in [3.8, 4) is 5.75 Å². The van der Waals surface area contributed by atoms with Gasteiger partial charge in [-0.2, -0.15) is 0 Å². The number of hydrogen-bond donors (Lipinski definition) is 1. The van der Waals surface area contributed by atoms with Crippen LogP contribution in [0.4, 0.5) is 5.69 Å². The van der Waals surface area contributed by atoms with E-state index in [1.54, 1.807) is 6.07 Å². The van der Waals surface area contributed by atoms with Gasteiger partial charge in [0.2, 0.25) is 0 Å². The maximum atomic E-state index is 12.5. The Labute approximate surface area is 242 Å². The molecule has 0 radical (unpaired) electrons. The first kappa shape index (κ1) is 29.2. The number of hydrogen-bond acceptors (Lipinski definition) is 7. The summed E-state index contributed by atoms with van der Waals surface area (Å²) in [6.07, 6.45) is 7.20. The van der Waals surface area contributed by atoms with Crippen LogP contribution in [0.5, 0.6) is 5.75 Å². The van der Waals surface area contributed by atoms with Crippen LogP contribution in [0.2, 0.25) is 5.02 Å². The molecule has 5 atom stereocenters. The molecule has 2 aromatic rings. The second kappa shape index (κ2) is 13.6. The Morgan fingerprint density at radius 3 is 2.80 bits per heavy atom. The van der Waals surface area contributed by atoms with Gasteiger partial charge in [0.05, 0.1) is 43.3 Å². The van der Waals surface area contributed by atoms with Crippen molar-refractivity contribution >= 4 is 23.3 Å². The van der Waals surface area contributed by atoms with Gasteiger partial charge in [-0.1, -0.05) is 17.7 Å². The molecule has 0 unspecified atom stereocenters. The maximum absolute atomic E-state index is 12.5. The van der Waals surface area contributed by atoms with Gasteiger partial charge in [-0.25, -0.2) is 4.79 Å². The van der Waals surface area contributed by atoms with Gasteiger partial charge in [0, 0.05) is 31.1 Å². The molecule has 8 heteroatoms.